The van der Waals surface area contributed by atoms with Gasteiger partial charge in [0, 0.05) is 0 Å². The number of hydrogen-bond donors (Lipinski definition) is 0. The van der Waals surface area contributed by atoms with Crippen LogP contribution in [0.4, 0.5) is 17.6 Å². The van der Waals surface area contributed by atoms with Crippen molar-refractivity contribution in [1.82, 2.24) is 0 Å². The minimum Gasteiger partial charge on any atom is -0.206 e. The molecule has 2 fully saturated rings. The first-order valence-corrected chi connectivity index (χ1v) is 14.7. The van der Waals surface area contributed by atoms with Gasteiger partial charge in [-0.15, -0.1) is 0 Å². The third-order valence-electron chi connectivity index (χ3n) is 9.06. The van der Waals surface area contributed by atoms with Crippen molar-refractivity contribution in [1.29, 1.82) is 0 Å². The largest absolute Gasteiger partial charge is 0.419 e. The van der Waals surface area contributed by atoms with Gasteiger partial charge in [0.2, 0.25) is 0 Å². The molecule has 0 amide bonds. The number of alkyl halides is 3. The fraction of sp³-hybridized carbons (Fsp3) is 0.806. The molecular weight excluding hydrogens is 448 g/mol. The molecular formula is C31H48F4. The van der Waals surface area contributed by atoms with Crippen molar-refractivity contribution in [2.45, 2.75) is 141 Å². The quantitative estimate of drug-likeness (QED) is 0.188. The van der Waals surface area contributed by atoms with E-state index in [1.165, 1.54) is 96.3 Å². The fourth-order valence-corrected chi connectivity index (χ4v) is 6.81. The van der Waals surface area contributed by atoms with E-state index in [0.29, 0.717) is 5.56 Å². The van der Waals surface area contributed by atoms with E-state index in [-0.39, 0.29) is 5.92 Å². The van der Waals surface area contributed by atoms with Crippen LogP contribution in [0.5, 0.6) is 0 Å². The molecule has 0 aliphatic heterocycles. The number of benzene rings is 1. The number of unbranched alkanes of at least 4 members (excludes halogenated alkanes) is 9. The Kier molecular flexibility index (Phi) is 11.9. The Balaban J connectivity index is 1.28. The van der Waals surface area contributed by atoms with Gasteiger partial charge in [-0.2, -0.15) is 13.2 Å². The second-order valence-corrected chi connectivity index (χ2v) is 11.6. The van der Waals surface area contributed by atoms with E-state index in [1.54, 1.807) is 6.07 Å². The molecule has 35 heavy (non-hydrogen) atoms. The molecule has 0 bridgehead atoms. The van der Waals surface area contributed by atoms with Gasteiger partial charge in [0.15, 0.2) is 0 Å². The maximum Gasteiger partial charge on any atom is 0.419 e. The van der Waals surface area contributed by atoms with Gasteiger partial charge in [-0.25, -0.2) is 4.39 Å². The Labute approximate surface area is 211 Å². The molecule has 0 unspecified atom stereocenters. The number of hydrogen-bond acceptors (Lipinski definition) is 0. The molecule has 2 saturated carbocycles. The number of rotatable bonds is 13. The fourth-order valence-electron chi connectivity index (χ4n) is 6.81. The molecule has 0 spiro atoms. The molecule has 0 N–H and O–H groups in total. The molecule has 0 aromatic heterocycles. The Morgan fingerprint density at radius 1 is 0.686 bits per heavy atom. The number of halogens is 4. The summed E-state index contributed by atoms with van der Waals surface area (Å²) in [6.45, 7) is 2.27. The van der Waals surface area contributed by atoms with E-state index in [9.17, 15) is 17.6 Å². The Morgan fingerprint density at radius 2 is 1.20 bits per heavy atom. The lowest BCUT2D eigenvalue weighted by Crippen LogP contribution is -2.25. The van der Waals surface area contributed by atoms with Gasteiger partial charge in [0.1, 0.15) is 5.82 Å². The molecule has 2 aliphatic rings. The highest BCUT2D eigenvalue weighted by Crippen LogP contribution is 2.45. The smallest absolute Gasteiger partial charge is 0.206 e. The Morgan fingerprint density at radius 3 is 1.74 bits per heavy atom. The molecule has 3 rings (SSSR count). The summed E-state index contributed by atoms with van der Waals surface area (Å²) in [6, 6.07) is 3.62. The van der Waals surface area contributed by atoms with E-state index in [4.69, 9.17) is 0 Å². The molecule has 1 aromatic rings. The van der Waals surface area contributed by atoms with Gasteiger partial charge in [0.05, 0.1) is 5.56 Å². The highest BCUT2D eigenvalue weighted by molar-refractivity contribution is 5.30. The molecule has 4 heteroatoms. The van der Waals surface area contributed by atoms with Gasteiger partial charge < -0.3 is 0 Å². The highest BCUT2D eigenvalue weighted by Gasteiger charge is 2.36. The maximum absolute atomic E-state index is 13.6. The van der Waals surface area contributed by atoms with E-state index in [0.717, 1.165) is 55.6 Å². The predicted molar refractivity (Wildman–Crippen MR) is 138 cm³/mol. The van der Waals surface area contributed by atoms with Crippen LogP contribution in [-0.4, -0.2) is 0 Å². The summed E-state index contributed by atoms with van der Waals surface area (Å²) < 4.78 is 52.9. The van der Waals surface area contributed by atoms with Crippen LogP contribution in [-0.2, 0) is 6.18 Å². The molecule has 0 nitrogen and oxygen atoms in total. The zero-order valence-electron chi connectivity index (χ0n) is 22.0. The normalized spacial score (nSPS) is 25.6. The highest BCUT2D eigenvalue weighted by atomic mass is 19.4. The van der Waals surface area contributed by atoms with Crippen LogP contribution in [0, 0.1) is 23.6 Å². The second-order valence-electron chi connectivity index (χ2n) is 11.6. The van der Waals surface area contributed by atoms with E-state index < -0.39 is 17.6 Å². The first-order chi connectivity index (χ1) is 16.9. The lowest BCUT2D eigenvalue weighted by molar-refractivity contribution is -0.140. The molecule has 200 valence electrons. The van der Waals surface area contributed by atoms with Gasteiger partial charge in [-0.3, -0.25) is 0 Å². The van der Waals surface area contributed by atoms with Gasteiger partial charge in [-0.1, -0.05) is 96.5 Å². The Hall–Kier alpha value is -1.06. The van der Waals surface area contributed by atoms with Crippen LogP contribution < -0.4 is 0 Å². The third kappa shape index (κ3) is 9.39. The molecule has 2 aliphatic carbocycles. The lowest BCUT2D eigenvalue weighted by atomic mass is 9.68. The lowest BCUT2D eigenvalue weighted by Gasteiger charge is -2.38. The van der Waals surface area contributed by atoms with E-state index in [1.807, 2.05) is 0 Å². The van der Waals surface area contributed by atoms with Gasteiger partial charge in [0.25, 0.3) is 0 Å². The van der Waals surface area contributed by atoms with Crippen molar-refractivity contribution in [3.63, 3.8) is 0 Å². The summed E-state index contributed by atoms with van der Waals surface area (Å²) in [5.74, 6) is 1.42. The summed E-state index contributed by atoms with van der Waals surface area (Å²) in [4.78, 5) is 0. The van der Waals surface area contributed by atoms with Gasteiger partial charge >= 0.3 is 6.18 Å². The first kappa shape index (κ1) is 28.5. The van der Waals surface area contributed by atoms with Gasteiger partial charge in [-0.05, 0) is 79.9 Å². The SMILES string of the molecule is CCCCCCCCCCCCC1CCC(C2CCC(c3ccc(F)c(C(F)(F)F)c3)CC2)CC1. The van der Waals surface area contributed by atoms with Crippen LogP contribution in [0.25, 0.3) is 0 Å². The predicted octanol–water partition coefficient (Wildman–Crippen LogP) is 11.2. The molecule has 0 heterocycles. The van der Waals surface area contributed by atoms with E-state index in [2.05, 4.69) is 6.92 Å². The summed E-state index contributed by atoms with van der Waals surface area (Å²) in [5, 5.41) is 0. The second kappa shape index (κ2) is 14.6. The summed E-state index contributed by atoms with van der Waals surface area (Å²) in [7, 11) is 0. The first-order valence-electron chi connectivity index (χ1n) is 14.7. The van der Waals surface area contributed by atoms with Crippen LogP contribution >= 0.6 is 0 Å². The molecule has 0 radical (unpaired) electrons. The van der Waals surface area contributed by atoms with Crippen molar-refractivity contribution in [2.24, 2.45) is 17.8 Å². The van der Waals surface area contributed by atoms with Crippen LogP contribution in [0.15, 0.2) is 18.2 Å². The molecule has 0 atom stereocenters. The van der Waals surface area contributed by atoms with Crippen molar-refractivity contribution in [2.75, 3.05) is 0 Å². The molecule has 0 saturated heterocycles. The van der Waals surface area contributed by atoms with Crippen molar-refractivity contribution >= 4 is 0 Å². The average molecular weight is 497 g/mol. The van der Waals surface area contributed by atoms with Crippen molar-refractivity contribution in [3.05, 3.63) is 35.1 Å². The summed E-state index contributed by atoms with van der Waals surface area (Å²) in [6.07, 6.45) is 20.3. The summed E-state index contributed by atoms with van der Waals surface area (Å²) in [5.41, 5.74) is -0.449. The minimum absolute atomic E-state index is 0.139. The zero-order valence-corrected chi connectivity index (χ0v) is 22.0. The van der Waals surface area contributed by atoms with Crippen LogP contribution in [0.2, 0.25) is 0 Å². The standard InChI is InChI=1S/C31H48F4/c1-2-3-4-5-6-7-8-9-10-11-12-24-13-15-25(16-14-24)26-17-19-27(20-18-26)28-21-22-30(32)29(23-28)31(33,34)35/h21-27H,2-20H2,1H3. The van der Waals surface area contributed by atoms with Crippen LogP contribution in [0.3, 0.4) is 0 Å². The summed E-state index contributed by atoms with van der Waals surface area (Å²) >= 11 is 0. The minimum atomic E-state index is -4.62. The van der Waals surface area contributed by atoms with Crippen molar-refractivity contribution < 1.29 is 17.6 Å². The Bertz CT molecular complexity index is 709. The van der Waals surface area contributed by atoms with Crippen LogP contribution in [0.1, 0.15) is 146 Å². The topological polar surface area (TPSA) is 0 Å². The van der Waals surface area contributed by atoms with E-state index >= 15 is 0 Å². The third-order valence-corrected chi connectivity index (χ3v) is 9.06. The monoisotopic (exact) mass is 496 g/mol. The maximum atomic E-state index is 13.6. The van der Waals surface area contributed by atoms with Crippen molar-refractivity contribution in [3.8, 4) is 0 Å². The molecule has 1 aromatic carbocycles. The average Bonchev–Trinajstić information content (AvgIpc) is 2.85. The zero-order chi connectivity index (χ0) is 25.1.